The van der Waals surface area contributed by atoms with Gasteiger partial charge >= 0.3 is 8.25 Å². The standard InChI is InChI=1S/C9H15Br6O3P/c1-4-7(10,11)6(3,8(12,13)5-2)9(14,15)18-19(16)17/h19H,4-5H2,1-3H3,(H,16,17). The van der Waals surface area contributed by atoms with Gasteiger partial charge in [0.05, 0.1) is 11.9 Å². The Hall–Kier alpha value is 3.03. The quantitative estimate of drug-likeness (QED) is 0.243. The van der Waals surface area contributed by atoms with Crippen LogP contribution < -0.4 is 0 Å². The SMILES string of the molecule is CCC(Br)(Br)C(C)(C(Br)(Br)CC)C(Br)(Br)O[PH](=O)O. The van der Waals surface area contributed by atoms with E-state index in [0.717, 1.165) is 0 Å². The molecule has 0 heterocycles. The van der Waals surface area contributed by atoms with E-state index in [4.69, 9.17) is 9.42 Å². The smallest absolute Gasteiger partial charge is 0.318 e. The lowest BCUT2D eigenvalue weighted by Crippen LogP contribution is -2.58. The van der Waals surface area contributed by atoms with Crippen LogP contribution in [0.3, 0.4) is 0 Å². The van der Waals surface area contributed by atoms with Crippen molar-refractivity contribution in [3.05, 3.63) is 0 Å². The van der Waals surface area contributed by atoms with E-state index in [1.54, 1.807) is 0 Å². The molecule has 10 heteroatoms. The second-order valence-corrected chi connectivity index (χ2v) is 15.7. The van der Waals surface area contributed by atoms with Crippen molar-refractivity contribution in [2.45, 2.75) is 43.5 Å². The van der Waals surface area contributed by atoms with Gasteiger partial charge in [0.25, 0.3) is 0 Å². The topological polar surface area (TPSA) is 46.5 Å². The third kappa shape index (κ3) is 4.52. The summed E-state index contributed by atoms with van der Waals surface area (Å²) >= 11 is 21.4. The number of hydrogen-bond donors (Lipinski definition) is 1. The number of alkyl halides is 6. The van der Waals surface area contributed by atoms with Crippen molar-refractivity contribution in [1.82, 2.24) is 0 Å². The molecule has 1 N–H and O–H groups in total. The van der Waals surface area contributed by atoms with E-state index < -0.39 is 23.6 Å². The van der Waals surface area contributed by atoms with Gasteiger partial charge in [0, 0.05) is 0 Å². The van der Waals surface area contributed by atoms with Crippen molar-refractivity contribution in [2.75, 3.05) is 0 Å². The normalized spacial score (nSPS) is 16.5. The summed E-state index contributed by atoms with van der Waals surface area (Å²) in [6, 6.07) is 0. The summed E-state index contributed by atoms with van der Waals surface area (Å²) in [7, 11) is -3.14. The minimum atomic E-state index is -3.14. The molecule has 0 aromatic rings. The zero-order valence-electron chi connectivity index (χ0n) is 10.4. The maximum atomic E-state index is 11.1. The molecule has 0 fully saturated rings. The third-order valence-corrected chi connectivity index (χ3v) is 11.6. The molecule has 0 bridgehead atoms. The molecule has 0 aromatic carbocycles. The lowest BCUT2D eigenvalue weighted by atomic mass is 9.81. The number of halogens is 6. The Kier molecular flexibility index (Phi) is 8.97. The Labute approximate surface area is 165 Å². The van der Waals surface area contributed by atoms with Gasteiger partial charge < -0.3 is 4.89 Å². The van der Waals surface area contributed by atoms with E-state index >= 15 is 0 Å². The maximum Gasteiger partial charge on any atom is 0.318 e. The summed E-state index contributed by atoms with van der Waals surface area (Å²) in [5, 5.41) is 0. The van der Waals surface area contributed by atoms with E-state index in [9.17, 15) is 4.57 Å². The molecule has 19 heavy (non-hydrogen) atoms. The Bertz CT molecular complexity index is 331. The minimum absolute atomic E-state index is 0.569. The van der Waals surface area contributed by atoms with Crippen LogP contribution in [0.2, 0.25) is 0 Å². The highest BCUT2D eigenvalue weighted by Gasteiger charge is 2.66. The van der Waals surface area contributed by atoms with Crippen molar-refractivity contribution in [3.8, 4) is 0 Å². The van der Waals surface area contributed by atoms with Crippen LogP contribution in [0.5, 0.6) is 0 Å². The fraction of sp³-hybridized carbons (Fsp3) is 1.00. The summed E-state index contributed by atoms with van der Waals surface area (Å²) in [6.07, 6.45) is 1.41. The fourth-order valence-corrected chi connectivity index (χ4v) is 9.88. The zero-order valence-corrected chi connectivity index (χ0v) is 21.0. The van der Waals surface area contributed by atoms with Gasteiger partial charge in [-0.05, 0) is 44.7 Å². The highest BCUT2D eigenvalue weighted by Crippen LogP contribution is 2.69. The molecule has 0 radical (unpaired) electrons. The molecule has 0 aliphatic carbocycles. The minimum Gasteiger partial charge on any atom is -0.326 e. The molecule has 0 amide bonds. The molecule has 0 aromatic heterocycles. The predicted octanol–water partition coefficient (Wildman–Crippen LogP) is 6.63. The van der Waals surface area contributed by atoms with Gasteiger partial charge in [-0.2, -0.15) is 0 Å². The predicted molar refractivity (Wildman–Crippen MR) is 103 cm³/mol. The van der Waals surface area contributed by atoms with Crippen molar-refractivity contribution >= 4 is 104 Å². The first-order valence-corrected chi connectivity index (χ1v) is 11.4. The molecule has 0 saturated carbocycles. The second kappa shape index (κ2) is 7.73. The largest absolute Gasteiger partial charge is 0.326 e. The summed E-state index contributed by atoms with van der Waals surface area (Å²) in [4.78, 5) is 9.13. The first kappa shape index (κ1) is 22.0. The van der Waals surface area contributed by atoms with Gasteiger partial charge in [-0.15, -0.1) is 0 Å². The van der Waals surface area contributed by atoms with Crippen molar-refractivity contribution in [3.63, 3.8) is 0 Å². The van der Waals surface area contributed by atoms with E-state index in [0.29, 0.717) is 12.8 Å². The summed E-state index contributed by atoms with van der Waals surface area (Å²) in [5.74, 6) is 0. The molecule has 1 unspecified atom stereocenters. The lowest BCUT2D eigenvalue weighted by molar-refractivity contribution is 0.0912. The van der Waals surface area contributed by atoms with Gasteiger partial charge in [-0.25, -0.2) is 0 Å². The van der Waals surface area contributed by atoms with Crippen LogP contribution in [0.4, 0.5) is 0 Å². The first-order chi connectivity index (χ1) is 8.29. The summed E-state index contributed by atoms with van der Waals surface area (Å²) in [5.41, 5.74) is -0.737. The van der Waals surface area contributed by atoms with Crippen LogP contribution in [0.1, 0.15) is 33.6 Å². The van der Waals surface area contributed by atoms with Crippen LogP contribution >= 0.6 is 104 Å². The molecule has 3 nitrogen and oxygen atoms in total. The van der Waals surface area contributed by atoms with Crippen LogP contribution in [0, 0.1) is 5.41 Å². The molecular weight excluding hydrogens is 666 g/mol. The molecule has 0 rings (SSSR count). The zero-order chi connectivity index (χ0) is 15.7. The van der Waals surface area contributed by atoms with Crippen LogP contribution in [0.25, 0.3) is 0 Å². The van der Waals surface area contributed by atoms with Crippen LogP contribution in [0.15, 0.2) is 0 Å². The molecule has 0 spiro atoms. The van der Waals surface area contributed by atoms with Gasteiger partial charge in [0.2, 0.25) is 0 Å². The Morgan fingerprint density at radius 1 is 1.00 bits per heavy atom. The Morgan fingerprint density at radius 2 is 1.32 bits per heavy atom. The molecule has 0 saturated heterocycles. The second-order valence-electron chi connectivity index (χ2n) is 4.13. The molecule has 1 atom stereocenters. The number of hydrogen-bond acceptors (Lipinski definition) is 2. The van der Waals surface area contributed by atoms with E-state index in [2.05, 4.69) is 95.6 Å². The lowest BCUT2D eigenvalue weighted by Gasteiger charge is -2.54. The highest BCUT2D eigenvalue weighted by atomic mass is 79.9. The van der Waals surface area contributed by atoms with Gasteiger partial charge in [0.15, 0.2) is 3.42 Å². The van der Waals surface area contributed by atoms with Crippen molar-refractivity contribution in [2.24, 2.45) is 5.41 Å². The molecular formula is C9H15Br6O3P. The number of rotatable bonds is 7. The highest BCUT2D eigenvalue weighted by molar-refractivity contribution is 9.27. The summed E-state index contributed by atoms with van der Waals surface area (Å²) < 4.78 is 14.0. The summed E-state index contributed by atoms with van der Waals surface area (Å²) in [6.45, 7) is 5.90. The van der Waals surface area contributed by atoms with Gasteiger partial charge in [-0.3, -0.25) is 9.09 Å². The average molecular weight is 682 g/mol. The molecule has 0 aliphatic heterocycles. The molecule has 116 valence electrons. The maximum absolute atomic E-state index is 11.1. The molecule has 0 aliphatic rings. The van der Waals surface area contributed by atoms with Gasteiger partial charge in [-0.1, -0.05) is 84.5 Å². The van der Waals surface area contributed by atoms with Crippen molar-refractivity contribution < 1.29 is 14.0 Å². The van der Waals surface area contributed by atoms with E-state index in [-0.39, 0.29) is 0 Å². The van der Waals surface area contributed by atoms with Gasteiger partial charge in [0.1, 0.15) is 0 Å². The Balaban J connectivity index is 6.00. The first-order valence-electron chi connectivity index (χ1n) is 5.34. The monoisotopic (exact) mass is 676 g/mol. The van der Waals surface area contributed by atoms with Crippen molar-refractivity contribution in [1.29, 1.82) is 0 Å². The Morgan fingerprint density at radius 3 is 1.53 bits per heavy atom. The van der Waals surface area contributed by atoms with Crippen LogP contribution in [-0.2, 0) is 9.09 Å². The fourth-order valence-electron chi connectivity index (χ4n) is 1.61. The van der Waals surface area contributed by atoms with E-state index in [1.807, 2.05) is 20.8 Å². The van der Waals surface area contributed by atoms with Crippen LogP contribution in [-0.4, -0.2) is 14.8 Å². The average Bonchev–Trinajstić information content (AvgIpc) is 2.25. The van der Waals surface area contributed by atoms with E-state index in [1.165, 1.54) is 0 Å². The third-order valence-electron chi connectivity index (χ3n) is 3.15.